The van der Waals surface area contributed by atoms with Gasteiger partial charge in [-0.2, -0.15) is 0 Å². The van der Waals surface area contributed by atoms with E-state index in [9.17, 15) is 14.4 Å². The number of aromatic amines is 2. The van der Waals surface area contributed by atoms with Crippen molar-refractivity contribution in [2.24, 2.45) is 0 Å². The van der Waals surface area contributed by atoms with Gasteiger partial charge in [-0.25, -0.2) is 9.59 Å². The molecule has 0 spiro atoms. The van der Waals surface area contributed by atoms with Gasteiger partial charge < -0.3 is 9.47 Å². The van der Waals surface area contributed by atoms with Crippen molar-refractivity contribution < 1.29 is 14.3 Å². The number of H-pyrrole nitrogens is 2. The molecule has 0 unspecified atom stereocenters. The predicted molar refractivity (Wildman–Crippen MR) is 95.4 cm³/mol. The highest BCUT2D eigenvalue weighted by Crippen LogP contribution is 2.44. The average Bonchev–Trinajstić information content (AvgIpc) is 2.60. The highest BCUT2D eigenvalue weighted by molar-refractivity contribution is 6.06. The molecule has 7 heteroatoms. The van der Waals surface area contributed by atoms with Crippen LogP contribution in [0, 0.1) is 0 Å². The van der Waals surface area contributed by atoms with Crippen LogP contribution in [0.25, 0.3) is 16.3 Å². The van der Waals surface area contributed by atoms with Crippen molar-refractivity contribution in [3.05, 3.63) is 74.4 Å². The number of aromatic nitrogens is 2. The minimum atomic E-state index is -0.687. The van der Waals surface area contributed by atoms with E-state index in [4.69, 9.17) is 9.47 Å². The normalized spacial score (nSPS) is 13.8. The maximum absolute atomic E-state index is 12.4. The van der Waals surface area contributed by atoms with E-state index in [-0.39, 0.29) is 18.1 Å². The molecule has 2 N–H and O–H groups in total. The summed E-state index contributed by atoms with van der Waals surface area (Å²) in [5.41, 5.74) is -0.303. The number of nitrogens with one attached hydrogen (secondary N) is 2. The highest BCUT2D eigenvalue weighted by atomic mass is 16.5. The molecule has 0 saturated heterocycles. The third kappa shape index (κ3) is 2.50. The van der Waals surface area contributed by atoms with Gasteiger partial charge in [0.1, 0.15) is 11.3 Å². The molecule has 0 amide bonds. The molecule has 1 aliphatic heterocycles. The van der Waals surface area contributed by atoms with Gasteiger partial charge in [0.05, 0.1) is 6.61 Å². The first-order valence-electron chi connectivity index (χ1n) is 8.04. The predicted octanol–water partition coefficient (Wildman–Crippen LogP) is 2.32. The lowest BCUT2D eigenvalue weighted by atomic mass is 9.91. The van der Waals surface area contributed by atoms with E-state index in [2.05, 4.69) is 9.97 Å². The van der Waals surface area contributed by atoms with Crippen LogP contribution in [0.1, 0.15) is 18.1 Å². The third-order valence-corrected chi connectivity index (χ3v) is 4.10. The van der Waals surface area contributed by atoms with Gasteiger partial charge >= 0.3 is 11.7 Å². The van der Waals surface area contributed by atoms with Gasteiger partial charge in [-0.05, 0) is 23.8 Å². The minimum absolute atomic E-state index is 0.00270. The van der Waals surface area contributed by atoms with E-state index >= 15 is 0 Å². The maximum atomic E-state index is 12.4. The molecular formula is C19H14N2O5. The molecule has 26 heavy (non-hydrogen) atoms. The fourth-order valence-electron chi connectivity index (χ4n) is 3.08. The lowest BCUT2D eigenvalue weighted by Gasteiger charge is -2.22. The molecule has 0 atom stereocenters. The zero-order valence-electron chi connectivity index (χ0n) is 13.8. The van der Waals surface area contributed by atoms with E-state index in [0.29, 0.717) is 16.9 Å². The molecule has 0 fully saturated rings. The van der Waals surface area contributed by atoms with Crippen LogP contribution in [0.15, 0.2) is 52.1 Å². The molecule has 2 aromatic carbocycles. The first-order chi connectivity index (χ1) is 12.6. The molecule has 0 saturated carbocycles. The van der Waals surface area contributed by atoms with Crippen LogP contribution in [0.2, 0.25) is 0 Å². The molecule has 1 aliphatic rings. The van der Waals surface area contributed by atoms with Gasteiger partial charge in [0.25, 0.3) is 5.56 Å². The molecule has 130 valence electrons. The second-order valence-electron chi connectivity index (χ2n) is 5.68. The van der Waals surface area contributed by atoms with Crippen molar-refractivity contribution >= 4 is 22.3 Å². The number of rotatable bonds is 2. The lowest BCUT2D eigenvalue weighted by Crippen LogP contribution is -2.28. The summed E-state index contributed by atoms with van der Waals surface area (Å²) in [6.45, 7) is 1.90. The van der Waals surface area contributed by atoms with E-state index in [0.717, 1.165) is 10.8 Å². The Balaban J connectivity index is 2.08. The van der Waals surface area contributed by atoms with Gasteiger partial charge in [-0.1, -0.05) is 30.3 Å². The average molecular weight is 350 g/mol. The fourth-order valence-corrected chi connectivity index (χ4v) is 3.08. The zero-order chi connectivity index (χ0) is 18.3. The number of ether oxygens (including phenoxy) is 2. The number of fused-ring (bicyclic) bond motifs is 4. The van der Waals surface area contributed by atoms with E-state index in [1.165, 1.54) is 6.08 Å². The summed E-state index contributed by atoms with van der Waals surface area (Å²) in [4.78, 5) is 40.8. The van der Waals surface area contributed by atoms with Crippen molar-refractivity contribution in [1.82, 2.24) is 9.97 Å². The topological polar surface area (TPSA) is 101 Å². The van der Waals surface area contributed by atoms with Crippen LogP contribution in [-0.4, -0.2) is 22.5 Å². The van der Waals surface area contributed by atoms with Gasteiger partial charge in [-0.15, -0.1) is 0 Å². The van der Waals surface area contributed by atoms with Gasteiger partial charge in [0.2, 0.25) is 5.88 Å². The molecule has 0 aliphatic carbocycles. The molecular weight excluding hydrogens is 336 g/mol. The SMILES string of the molecule is CCOC(=O)/C=C1\c2c([nH]c(=O)[nH]c2=O)Oc2ccc3ccccc3c21. The summed E-state index contributed by atoms with van der Waals surface area (Å²) in [6, 6.07) is 11.2. The first-order valence-corrected chi connectivity index (χ1v) is 8.04. The minimum Gasteiger partial charge on any atom is -0.463 e. The monoisotopic (exact) mass is 350 g/mol. The van der Waals surface area contributed by atoms with Crippen LogP contribution in [0.3, 0.4) is 0 Å². The van der Waals surface area contributed by atoms with Crippen molar-refractivity contribution in [1.29, 1.82) is 0 Å². The maximum Gasteiger partial charge on any atom is 0.331 e. The molecule has 4 rings (SSSR count). The van der Waals surface area contributed by atoms with E-state index in [1.54, 1.807) is 13.0 Å². The third-order valence-electron chi connectivity index (χ3n) is 4.10. The largest absolute Gasteiger partial charge is 0.463 e. The summed E-state index contributed by atoms with van der Waals surface area (Å²) in [7, 11) is 0. The number of hydrogen-bond donors (Lipinski definition) is 2. The van der Waals surface area contributed by atoms with E-state index < -0.39 is 17.2 Å². The second kappa shape index (κ2) is 6.03. The molecule has 1 aromatic heterocycles. The van der Waals surface area contributed by atoms with Gasteiger partial charge in [-0.3, -0.25) is 14.8 Å². The standard InChI is InChI=1S/C19H14N2O5/c1-2-25-14(22)9-12-15-11-6-4-3-5-10(11)7-8-13(15)26-18-16(12)17(23)20-19(24)21-18/h3-9H,2H2,1H3,(H2,20,21,23,24)/b12-9-. The summed E-state index contributed by atoms with van der Waals surface area (Å²) >= 11 is 0. The quantitative estimate of drug-likeness (QED) is 0.427. The van der Waals surface area contributed by atoms with Crippen LogP contribution < -0.4 is 16.0 Å². The summed E-state index contributed by atoms with van der Waals surface area (Å²) in [5.74, 6) is -0.148. The lowest BCUT2D eigenvalue weighted by molar-refractivity contribution is -0.137. The van der Waals surface area contributed by atoms with Crippen molar-refractivity contribution in [2.75, 3.05) is 6.61 Å². The number of carbonyl (C=O) groups is 1. The molecule has 0 radical (unpaired) electrons. The van der Waals surface area contributed by atoms with Gasteiger partial charge in [0, 0.05) is 17.2 Å². The Kier molecular flexibility index (Phi) is 3.69. The van der Waals surface area contributed by atoms with Crippen molar-refractivity contribution in [2.45, 2.75) is 6.92 Å². The van der Waals surface area contributed by atoms with E-state index in [1.807, 2.05) is 30.3 Å². The smallest absolute Gasteiger partial charge is 0.331 e. The highest BCUT2D eigenvalue weighted by Gasteiger charge is 2.28. The van der Waals surface area contributed by atoms with Crippen LogP contribution in [0.4, 0.5) is 0 Å². The Morgan fingerprint density at radius 1 is 1.12 bits per heavy atom. The van der Waals surface area contributed by atoms with Crippen LogP contribution in [0.5, 0.6) is 11.6 Å². The van der Waals surface area contributed by atoms with Gasteiger partial charge in [0.15, 0.2) is 0 Å². The van der Waals surface area contributed by atoms with Crippen LogP contribution in [-0.2, 0) is 9.53 Å². The summed E-state index contributed by atoms with van der Waals surface area (Å²) in [6.07, 6.45) is 1.25. The molecule has 3 aromatic rings. The Labute approximate surface area is 146 Å². The number of esters is 1. The Hall–Kier alpha value is -3.61. The van der Waals surface area contributed by atoms with Crippen molar-refractivity contribution in [3.63, 3.8) is 0 Å². The molecule has 0 bridgehead atoms. The Bertz CT molecular complexity index is 1190. The van der Waals surface area contributed by atoms with Crippen molar-refractivity contribution in [3.8, 4) is 11.6 Å². The second-order valence-corrected chi connectivity index (χ2v) is 5.68. The Morgan fingerprint density at radius 3 is 2.73 bits per heavy atom. The number of benzene rings is 2. The number of carbonyl (C=O) groups excluding carboxylic acids is 1. The molecule has 7 nitrogen and oxygen atoms in total. The summed E-state index contributed by atoms with van der Waals surface area (Å²) < 4.78 is 10.8. The number of hydrogen-bond acceptors (Lipinski definition) is 5. The Morgan fingerprint density at radius 2 is 1.92 bits per heavy atom. The summed E-state index contributed by atoms with van der Waals surface area (Å²) in [5, 5.41) is 1.74. The molecule has 2 heterocycles. The first kappa shape index (κ1) is 15.9. The van der Waals surface area contributed by atoms with Crippen LogP contribution >= 0.6 is 0 Å². The zero-order valence-corrected chi connectivity index (χ0v) is 13.8. The fraction of sp³-hybridized carbons (Fsp3) is 0.105.